The van der Waals surface area contributed by atoms with E-state index in [1.165, 1.54) is 27.6 Å². The molecule has 0 saturated carbocycles. The number of anilines is 1. The molecule has 0 aromatic heterocycles. The maximum absolute atomic E-state index is 4.69. The molecule has 0 atom stereocenters. The monoisotopic (exact) mass is 272 g/mol. The van der Waals surface area contributed by atoms with Gasteiger partial charge in [-0.1, -0.05) is 54.6 Å². The normalized spacial score (nSPS) is 12.9. The van der Waals surface area contributed by atoms with Crippen molar-refractivity contribution in [2.45, 2.75) is 6.42 Å². The summed E-state index contributed by atoms with van der Waals surface area (Å²) in [6.07, 6.45) is 2.83. The summed E-state index contributed by atoms with van der Waals surface area (Å²) in [4.78, 5) is 6.77. The van der Waals surface area contributed by atoms with Gasteiger partial charge in [0.15, 0.2) is 0 Å². The summed E-state index contributed by atoms with van der Waals surface area (Å²) in [5, 5.41) is 2.51. The van der Waals surface area contributed by atoms with Crippen LogP contribution in [-0.4, -0.2) is 13.4 Å². The molecule has 3 aromatic carbocycles. The van der Waals surface area contributed by atoms with Gasteiger partial charge >= 0.3 is 0 Å². The Morgan fingerprint density at radius 3 is 2.62 bits per heavy atom. The van der Waals surface area contributed by atoms with E-state index in [9.17, 15) is 0 Å². The van der Waals surface area contributed by atoms with Crippen LogP contribution in [0.4, 0.5) is 11.4 Å². The second-order valence-electron chi connectivity index (χ2n) is 5.47. The summed E-state index contributed by atoms with van der Waals surface area (Å²) < 4.78 is 0. The van der Waals surface area contributed by atoms with Crippen molar-refractivity contribution < 1.29 is 0 Å². The molecule has 4 rings (SSSR count). The molecule has 0 N–H and O–H groups in total. The van der Waals surface area contributed by atoms with E-state index in [0.717, 1.165) is 12.1 Å². The van der Waals surface area contributed by atoms with Crippen LogP contribution in [0, 0.1) is 0 Å². The van der Waals surface area contributed by atoms with Crippen LogP contribution < -0.4 is 4.90 Å². The molecule has 0 amide bonds. The summed E-state index contributed by atoms with van der Waals surface area (Å²) in [6, 6.07) is 21.4. The summed E-state index contributed by atoms with van der Waals surface area (Å²) in [5.41, 5.74) is 4.95. The first-order chi connectivity index (χ1) is 10.3. The van der Waals surface area contributed by atoms with E-state index in [1.54, 1.807) is 0 Å². The van der Waals surface area contributed by atoms with Crippen molar-refractivity contribution in [2.75, 3.05) is 11.9 Å². The molecule has 0 bridgehead atoms. The van der Waals surface area contributed by atoms with Gasteiger partial charge in [-0.15, -0.1) is 0 Å². The minimum Gasteiger partial charge on any atom is -0.335 e. The largest absolute Gasteiger partial charge is 0.335 e. The lowest BCUT2D eigenvalue weighted by Gasteiger charge is -2.23. The minimum absolute atomic E-state index is 0.918. The number of benzene rings is 3. The summed E-state index contributed by atoms with van der Waals surface area (Å²) in [6.45, 7) is 0. The predicted molar refractivity (Wildman–Crippen MR) is 89.8 cm³/mol. The molecule has 1 aliphatic heterocycles. The van der Waals surface area contributed by atoms with Crippen LogP contribution in [0.25, 0.3) is 10.8 Å². The highest BCUT2D eigenvalue weighted by Gasteiger charge is 2.16. The van der Waals surface area contributed by atoms with Crippen LogP contribution in [0.1, 0.15) is 11.1 Å². The first kappa shape index (κ1) is 12.2. The third kappa shape index (κ3) is 2.00. The molecule has 0 aliphatic carbocycles. The molecule has 0 radical (unpaired) electrons. The molecule has 0 unspecified atom stereocenters. The molecule has 21 heavy (non-hydrogen) atoms. The van der Waals surface area contributed by atoms with E-state index in [-0.39, 0.29) is 0 Å². The van der Waals surface area contributed by atoms with Crippen molar-refractivity contribution in [3.63, 3.8) is 0 Å². The summed E-state index contributed by atoms with van der Waals surface area (Å²) in [5.74, 6) is 0. The van der Waals surface area contributed by atoms with Crippen molar-refractivity contribution >= 4 is 28.5 Å². The Hall–Kier alpha value is -2.61. The van der Waals surface area contributed by atoms with E-state index in [4.69, 9.17) is 0 Å². The fraction of sp³-hybridized carbons (Fsp3) is 0.105. The second-order valence-corrected chi connectivity index (χ2v) is 5.47. The summed E-state index contributed by atoms with van der Waals surface area (Å²) >= 11 is 0. The number of hydrogen-bond donors (Lipinski definition) is 0. The molecule has 0 fully saturated rings. The van der Waals surface area contributed by atoms with Gasteiger partial charge in [-0.25, -0.2) is 4.99 Å². The van der Waals surface area contributed by atoms with Crippen LogP contribution >= 0.6 is 0 Å². The Morgan fingerprint density at radius 1 is 0.905 bits per heavy atom. The molecule has 0 saturated heterocycles. The average Bonchev–Trinajstić information content (AvgIpc) is 2.53. The van der Waals surface area contributed by atoms with Crippen molar-refractivity contribution in [1.82, 2.24) is 0 Å². The third-order valence-electron chi connectivity index (χ3n) is 4.06. The Morgan fingerprint density at radius 2 is 1.76 bits per heavy atom. The molecule has 2 nitrogen and oxygen atoms in total. The van der Waals surface area contributed by atoms with Crippen LogP contribution in [0.2, 0.25) is 0 Å². The maximum Gasteiger partial charge on any atom is 0.0954 e. The highest BCUT2D eigenvalue weighted by atomic mass is 15.1. The van der Waals surface area contributed by atoms with Crippen molar-refractivity contribution in [2.24, 2.45) is 4.99 Å². The van der Waals surface area contributed by atoms with Crippen LogP contribution in [0.5, 0.6) is 0 Å². The Balaban J connectivity index is 1.91. The Labute approximate surface area is 124 Å². The van der Waals surface area contributed by atoms with Gasteiger partial charge in [0.05, 0.1) is 17.7 Å². The lowest BCUT2D eigenvalue weighted by atomic mass is 9.97. The van der Waals surface area contributed by atoms with Crippen molar-refractivity contribution in [3.8, 4) is 0 Å². The second kappa shape index (κ2) is 4.74. The van der Waals surface area contributed by atoms with Crippen LogP contribution in [-0.2, 0) is 6.42 Å². The topological polar surface area (TPSA) is 15.6 Å². The number of nitrogens with zero attached hydrogens (tertiary/aromatic N) is 2. The molecular weight excluding hydrogens is 256 g/mol. The van der Waals surface area contributed by atoms with Gasteiger partial charge in [0.2, 0.25) is 0 Å². The highest BCUT2D eigenvalue weighted by Crippen LogP contribution is 2.39. The van der Waals surface area contributed by atoms with Crippen LogP contribution in [0.15, 0.2) is 65.7 Å². The van der Waals surface area contributed by atoms with Gasteiger partial charge in [-0.05, 0) is 29.0 Å². The molecule has 1 heterocycles. The van der Waals surface area contributed by atoms with Gasteiger partial charge in [0, 0.05) is 12.4 Å². The third-order valence-corrected chi connectivity index (χ3v) is 4.06. The number of rotatable bonds is 2. The summed E-state index contributed by atoms with van der Waals surface area (Å²) in [7, 11) is 2.05. The molecular formula is C19H16N2. The number of aliphatic imine (C=N–C) groups is 1. The Kier molecular flexibility index (Phi) is 2.74. The fourth-order valence-electron chi connectivity index (χ4n) is 2.99. The van der Waals surface area contributed by atoms with Gasteiger partial charge in [-0.3, -0.25) is 0 Å². The first-order valence-corrected chi connectivity index (χ1v) is 7.18. The van der Waals surface area contributed by atoms with Crippen molar-refractivity contribution in [3.05, 3.63) is 71.8 Å². The predicted octanol–water partition coefficient (Wildman–Crippen LogP) is 4.54. The van der Waals surface area contributed by atoms with Crippen LogP contribution in [0.3, 0.4) is 0 Å². The van der Waals surface area contributed by atoms with E-state index in [2.05, 4.69) is 70.6 Å². The molecule has 0 spiro atoms. The Bertz CT molecular complexity index is 835. The molecule has 102 valence electrons. The molecule has 2 heteroatoms. The lowest BCUT2D eigenvalue weighted by molar-refractivity contribution is 1.18. The van der Waals surface area contributed by atoms with Gasteiger partial charge in [0.25, 0.3) is 0 Å². The highest BCUT2D eigenvalue weighted by molar-refractivity contribution is 6.10. The van der Waals surface area contributed by atoms with Gasteiger partial charge < -0.3 is 4.90 Å². The van der Waals surface area contributed by atoms with Gasteiger partial charge in [0.1, 0.15) is 0 Å². The zero-order valence-electron chi connectivity index (χ0n) is 12.0. The number of hydrogen-bond acceptors (Lipinski definition) is 2. The SMILES string of the molecule is CN1C=Nc2c(Cc3ccccc3)ccc3cccc1c23. The molecule has 3 aromatic rings. The van der Waals surface area contributed by atoms with E-state index in [0.29, 0.717) is 0 Å². The quantitative estimate of drug-likeness (QED) is 0.668. The zero-order chi connectivity index (χ0) is 14.2. The van der Waals surface area contributed by atoms with Gasteiger partial charge in [-0.2, -0.15) is 0 Å². The molecule has 1 aliphatic rings. The van der Waals surface area contributed by atoms with E-state index in [1.807, 2.05) is 13.4 Å². The lowest BCUT2D eigenvalue weighted by Crippen LogP contribution is -2.16. The smallest absolute Gasteiger partial charge is 0.0954 e. The van der Waals surface area contributed by atoms with E-state index >= 15 is 0 Å². The van der Waals surface area contributed by atoms with Crippen molar-refractivity contribution in [1.29, 1.82) is 0 Å². The zero-order valence-corrected chi connectivity index (χ0v) is 12.0. The first-order valence-electron chi connectivity index (χ1n) is 7.18. The fourth-order valence-corrected chi connectivity index (χ4v) is 2.99. The minimum atomic E-state index is 0.918. The average molecular weight is 272 g/mol. The maximum atomic E-state index is 4.69. The standard InChI is InChI=1S/C19H16N2/c1-21-13-20-19-16(12-14-6-3-2-4-7-14)11-10-15-8-5-9-17(21)18(15)19/h2-11,13H,12H2,1H3. The van der Waals surface area contributed by atoms with E-state index < -0.39 is 0 Å².